The van der Waals surface area contributed by atoms with Crippen LogP contribution in [0, 0.1) is 29.6 Å². The number of nitrogens with zero attached hydrogens (tertiary/aromatic N) is 4. The first-order valence-electron chi connectivity index (χ1n) is 16.2. The van der Waals surface area contributed by atoms with Crippen molar-refractivity contribution in [3.05, 3.63) is 33.5 Å². The quantitative estimate of drug-likeness (QED) is 0.150. The van der Waals surface area contributed by atoms with Crippen molar-refractivity contribution in [2.45, 2.75) is 90.6 Å². The van der Waals surface area contributed by atoms with Crippen molar-refractivity contribution in [3.63, 3.8) is 0 Å². The predicted molar refractivity (Wildman–Crippen MR) is 185 cm³/mol. The molecule has 4 rings (SSSR count). The molecule has 48 heavy (non-hydrogen) atoms. The molecule has 6 atom stereocenters. The fourth-order valence-corrected chi connectivity index (χ4v) is 6.37. The third-order valence-electron chi connectivity index (χ3n) is 8.40. The maximum Gasteiger partial charge on any atom is 0.323 e. The van der Waals surface area contributed by atoms with Gasteiger partial charge in [0.15, 0.2) is 23.1 Å². The minimum atomic E-state index is -0.984. The Labute approximate surface area is 289 Å². The van der Waals surface area contributed by atoms with Gasteiger partial charge in [0.1, 0.15) is 18.2 Å². The molecule has 1 aliphatic carbocycles. The number of nitrogens with two attached hydrogens (primary N) is 2. The van der Waals surface area contributed by atoms with E-state index < -0.39 is 42.3 Å². The van der Waals surface area contributed by atoms with Gasteiger partial charge < -0.3 is 36.1 Å². The number of aromatic nitrogens is 4. The van der Waals surface area contributed by atoms with Gasteiger partial charge in [-0.05, 0) is 61.0 Å². The fourth-order valence-electron chi connectivity index (χ4n) is 5.48. The minimum Gasteiger partial charge on any atom is -0.457 e. The Morgan fingerprint density at radius 2 is 1.77 bits per heavy atom. The lowest BCUT2D eigenvalue weighted by molar-refractivity contribution is -0.170. The van der Waals surface area contributed by atoms with Crippen LogP contribution in [0.15, 0.2) is 18.5 Å². The number of hydrogen-bond acceptors (Lipinski definition) is 12. The second-order valence-corrected chi connectivity index (χ2v) is 14.3. The molecule has 0 aliphatic heterocycles. The summed E-state index contributed by atoms with van der Waals surface area (Å²) in [5.41, 5.74) is 13.3. The topological polar surface area (TPSA) is 189 Å². The van der Waals surface area contributed by atoms with E-state index in [1.165, 1.54) is 11.3 Å². The number of esters is 2. The van der Waals surface area contributed by atoms with Gasteiger partial charge in [0, 0.05) is 20.0 Å². The molecule has 1 fully saturated rings. The number of carbonyl (C=O) groups is 3. The molecule has 1 aliphatic rings. The molecule has 0 spiro atoms. The number of nitrogens with one attached hydrogen (secondary N) is 2. The van der Waals surface area contributed by atoms with E-state index >= 15 is 0 Å². The highest BCUT2D eigenvalue weighted by Gasteiger charge is 2.50. The van der Waals surface area contributed by atoms with E-state index in [0.717, 1.165) is 11.3 Å². The third-order valence-corrected chi connectivity index (χ3v) is 9.55. The number of imidazole rings is 1. The minimum absolute atomic E-state index is 0.151. The van der Waals surface area contributed by atoms with Gasteiger partial charge in [-0.3, -0.25) is 14.4 Å². The number of fused-ring (bicyclic) bond motifs is 1. The highest BCUT2D eigenvalue weighted by Crippen LogP contribution is 2.44. The smallest absolute Gasteiger partial charge is 0.323 e. The summed E-state index contributed by atoms with van der Waals surface area (Å²) < 4.78 is 14.6. The maximum absolute atomic E-state index is 13.4. The van der Waals surface area contributed by atoms with Gasteiger partial charge in [-0.25, -0.2) is 15.0 Å². The summed E-state index contributed by atoms with van der Waals surface area (Å²) in [6, 6.07) is 1.16. The van der Waals surface area contributed by atoms with Gasteiger partial charge in [0.2, 0.25) is 11.7 Å². The number of amides is 1. The average Bonchev–Trinajstić information content (AvgIpc) is 3.76. The van der Waals surface area contributed by atoms with Gasteiger partial charge in [0.05, 0.1) is 21.6 Å². The zero-order chi connectivity index (χ0) is 35.1. The van der Waals surface area contributed by atoms with Crippen LogP contribution in [0.25, 0.3) is 11.2 Å². The van der Waals surface area contributed by atoms with E-state index in [2.05, 4.69) is 32.4 Å². The summed E-state index contributed by atoms with van der Waals surface area (Å²) in [6.45, 7) is 9.95. The molecule has 0 radical (unpaired) electrons. The lowest BCUT2D eigenvalue weighted by Gasteiger charge is -2.30. The number of halogens is 1. The molecule has 6 N–H and O–H groups in total. The summed E-state index contributed by atoms with van der Waals surface area (Å²) in [7, 11) is 1.57. The molecule has 3 heterocycles. The zero-order valence-corrected chi connectivity index (χ0v) is 29.7. The van der Waals surface area contributed by atoms with Crippen molar-refractivity contribution in [3.8, 4) is 11.8 Å². The van der Waals surface area contributed by atoms with Gasteiger partial charge >= 0.3 is 11.9 Å². The van der Waals surface area contributed by atoms with E-state index in [9.17, 15) is 14.4 Å². The van der Waals surface area contributed by atoms with Crippen LogP contribution >= 0.6 is 22.9 Å². The standard InChI is InChI=1S/C33H45ClN8O5S/c1-7-14-38-30-27-31(41-23(40-30)12-10-20-9-11-22(34)48-20)42(16-39-27)28-19(8-13-24(43)37-6)15-21(46-32(44)25(35)17(2)3)29(28)47-33(45)26(36)18(4)5/h9,11,16-19,21,25-26,28-29H,7-8,13-15,35-36H2,1-6H3,(H,37,43)(H,38,40,41). The summed E-state index contributed by atoms with van der Waals surface area (Å²) in [5.74, 6) is 4.78. The van der Waals surface area contributed by atoms with E-state index in [-0.39, 0.29) is 35.9 Å². The van der Waals surface area contributed by atoms with Crippen molar-refractivity contribution >= 4 is 57.8 Å². The fraction of sp³-hybridized carbons (Fsp3) is 0.576. The van der Waals surface area contributed by atoms with E-state index in [1.807, 2.05) is 45.3 Å². The molecule has 1 amide bonds. The van der Waals surface area contributed by atoms with Crippen LogP contribution in [-0.4, -0.2) is 75.2 Å². The summed E-state index contributed by atoms with van der Waals surface area (Å²) in [6.07, 6.45) is 1.48. The van der Waals surface area contributed by atoms with Crippen molar-refractivity contribution in [1.82, 2.24) is 24.8 Å². The lowest BCUT2D eigenvalue weighted by atomic mass is 9.96. The number of carbonyl (C=O) groups excluding carboxylic acids is 3. The monoisotopic (exact) mass is 700 g/mol. The summed E-state index contributed by atoms with van der Waals surface area (Å²) in [5, 5.41) is 5.98. The van der Waals surface area contributed by atoms with Crippen LogP contribution < -0.4 is 22.1 Å². The van der Waals surface area contributed by atoms with E-state index in [0.29, 0.717) is 40.7 Å². The molecule has 1 saturated carbocycles. The molecule has 3 aromatic heterocycles. The normalized spacial score (nSPS) is 20.3. The Balaban J connectivity index is 1.86. The Morgan fingerprint density at radius 1 is 1.08 bits per heavy atom. The van der Waals surface area contributed by atoms with Crippen molar-refractivity contribution in [2.24, 2.45) is 29.2 Å². The number of thiophene rings is 1. The Kier molecular flexibility index (Phi) is 12.8. The van der Waals surface area contributed by atoms with Crippen molar-refractivity contribution in [2.75, 3.05) is 18.9 Å². The molecule has 13 nitrogen and oxygen atoms in total. The van der Waals surface area contributed by atoms with Crippen LogP contribution in [0.4, 0.5) is 5.82 Å². The van der Waals surface area contributed by atoms with E-state index in [1.54, 1.807) is 19.4 Å². The number of anilines is 1. The predicted octanol–water partition coefficient (Wildman–Crippen LogP) is 3.64. The highest BCUT2D eigenvalue weighted by atomic mass is 35.5. The third kappa shape index (κ3) is 8.82. The maximum atomic E-state index is 13.4. The average molecular weight is 701 g/mol. The number of hydrogen-bond donors (Lipinski definition) is 4. The van der Waals surface area contributed by atoms with Gasteiger partial charge in [0.25, 0.3) is 0 Å². The molecule has 3 aromatic rings. The number of ether oxygens (including phenoxy) is 2. The van der Waals surface area contributed by atoms with Crippen LogP contribution in [0.1, 0.15) is 77.0 Å². The largest absolute Gasteiger partial charge is 0.457 e. The zero-order valence-electron chi connectivity index (χ0n) is 28.2. The second-order valence-electron chi connectivity index (χ2n) is 12.6. The van der Waals surface area contributed by atoms with Crippen molar-refractivity contribution in [1.29, 1.82) is 0 Å². The van der Waals surface area contributed by atoms with Crippen LogP contribution in [0.5, 0.6) is 0 Å². The molecule has 15 heteroatoms. The van der Waals surface area contributed by atoms with Gasteiger partial charge in [-0.1, -0.05) is 46.2 Å². The van der Waals surface area contributed by atoms with Crippen LogP contribution in [0.3, 0.4) is 0 Å². The lowest BCUT2D eigenvalue weighted by Crippen LogP contribution is -2.45. The molecule has 0 bridgehead atoms. The Bertz CT molecular complexity index is 1660. The molecule has 260 valence electrons. The van der Waals surface area contributed by atoms with Crippen molar-refractivity contribution < 1.29 is 23.9 Å². The second kappa shape index (κ2) is 16.6. The Morgan fingerprint density at radius 3 is 2.38 bits per heavy atom. The molecule has 0 aromatic carbocycles. The molecular weight excluding hydrogens is 656 g/mol. The van der Waals surface area contributed by atoms with Gasteiger partial charge in [-0.15, -0.1) is 11.3 Å². The van der Waals surface area contributed by atoms with E-state index in [4.69, 9.17) is 37.5 Å². The van der Waals surface area contributed by atoms with Crippen LogP contribution in [0.2, 0.25) is 4.34 Å². The SMILES string of the molecule is CCCNc1nc(C#Cc2ccc(Cl)s2)nc2c1ncn2C1C(CCC(=O)NC)CC(OC(=O)C(N)C(C)C)C1OC(=O)C(N)C(C)C. The molecular formula is C33H45ClN8O5S. The molecule has 0 saturated heterocycles. The first kappa shape index (κ1) is 37.1. The van der Waals surface area contributed by atoms with Crippen LogP contribution in [-0.2, 0) is 23.9 Å². The Hall–Kier alpha value is -3.77. The first-order valence-corrected chi connectivity index (χ1v) is 17.4. The van der Waals surface area contributed by atoms with Gasteiger partial charge in [-0.2, -0.15) is 0 Å². The summed E-state index contributed by atoms with van der Waals surface area (Å²) >= 11 is 7.45. The first-order chi connectivity index (χ1) is 22.8. The highest BCUT2D eigenvalue weighted by molar-refractivity contribution is 7.16. The molecule has 6 unspecified atom stereocenters. The number of rotatable bonds is 13. The summed E-state index contributed by atoms with van der Waals surface area (Å²) in [4.78, 5) is 53.9.